The highest BCUT2D eigenvalue weighted by Gasteiger charge is 2.36. The molecule has 3 fully saturated rings. The van der Waals surface area contributed by atoms with Gasteiger partial charge >= 0.3 is 0 Å². The van der Waals surface area contributed by atoms with Crippen LogP contribution in [-0.2, 0) is 6.54 Å². The Labute approximate surface area is 221 Å². The molecule has 0 saturated carbocycles. The molecule has 3 aliphatic rings. The van der Waals surface area contributed by atoms with Gasteiger partial charge in [-0.25, -0.2) is 4.98 Å². The summed E-state index contributed by atoms with van der Waals surface area (Å²) in [6, 6.07) is 14.9. The number of anilines is 2. The quantitative estimate of drug-likeness (QED) is 0.590. The summed E-state index contributed by atoms with van der Waals surface area (Å²) in [5.74, 6) is 1.12. The van der Waals surface area contributed by atoms with E-state index in [2.05, 4.69) is 94.0 Å². The molecule has 1 aromatic carbocycles. The van der Waals surface area contributed by atoms with Crippen molar-refractivity contribution in [1.29, 1.82) is 0 Å². The number of nitrogens with one attached hydrogen (secondary N) is 1. The standard InChI is InChI=1S/C30H41N7/c1-21-7-9-28(27-6-5-11-32-30(21)27)35-17-23(3)36-15-14-34(19-26(36)20-35)18-25-8-10-29(33-24(25)4)37-13-12-31-16-22(37)2/h5-11,22-23,26,31H,12-20H2,1-4H3/t22-,23+,26-/m0/s1. The van der Waals surface area contributed by atoms with Crippen molar-refractivity contribution in [2.75, 3.05) is 62.2 Å². The van der Waals surface area contributed by atoms with Gasteiger partial charge in [0, 0.05) is 100.0 Å². The van der Waals surface area contributed by atoms with Crippen LogP contribution in [0.3, 0.4) is 0 Å². The first-order valence-electron chi connectivity index (χ1n) is 14.0. The van der Waals surface area contributed by atoms with E-state index in [0.29, 0.717) is 18.1 Å². The zero-order valence-electron chi connectivity index (χ0n) is 22.8. The number of aryl methyl sites for hydroxylation is 2. The summed E-state index contributed by atoms with van der Waals surface area (Å²) >= 11 is 0. The Morgan fingerprint density at radius 1 is 0.946 bits per heavy atom. The van der Waals surface area contributed by atoms with Crippen LogP contribution in [0.4, 0.5) is 11.5 Å². The van der Waals surface area contributed by atoms with E-state index in [4.69, 9.17) is 4.98 Å². The first-order valence-corrected chi connectivity index (χ1v) is 14.0. The van der Waals surface area contributed by atoms with E-state index >= 15 is 0 Å². The first-order chi connectivity index (χ1) is 18.0. The molecule has 1 N–H and O–H groups in total. The summed E-state index contributed by atoms with van der Waals surface area (Å²) in [6.07, 6.45) is 1.91. The highest BCUT2D eigenvalue weighted by Crippen LogP contribution is 2.32. The number of fused-ring (bicyclic) bond motifs is 2. The maximum absolute atomic E-state index is 5.04. The second-order valence-corrected chi connectivity index (χ2v) is 11.3. The Morgan fingerprint density at radius 2 is 1.84 bits per heavy atom. The zero-order valence-corrected chi connectivity index (χ0v) is 22.8. The van der Waals surface area contributed by atoms with E-state index in [1.165, 1.54) is 27.9 Å². The molecule has 3 atom stereocenters. The Morgan fingerprint density at radius 3 is 2.68 bits per heavy atom. The first kappa shape index (κ1) is 24.6. The van der Waals surface area contributed by atoms with Gasteiger partial charge in [0.15, 0.2) is 0 Å². The lowest BCUT2D eigenvalue weighted by molar-refractivity contribution is 0.0316. The summed E-state index contributed by atoms with van der Waals surface area (Å²) < 4.78 is 0. The molecular weight excluding hydrogens is 458 g/mol. The van der Waals surface area contributed by atoms with Crippen molar-refractivity contribution >= 4 is 22.4 Å². The highest BCUT2D eigenvalue weighted by atomic mass is 15.4. The second kappa shape index (κ2) is 10.2. The van der Waals surface area contributed by atoms with E-state index < -0.39 is 0 Å². The fraction of sp³-hybridized carbons (Fsp3) is 0.533. The Balaban J connectivity index is 1.17. The van der Waals surface area contributed by atoms with Gasteiger partial charge in [0.1, 0.15) is 5.82 Å². The Bertz CT molecular complexity index is 1260. The number of aromatic nitrogens is 2. The third-order valence-corrected chi connectivity index (χ3v) is 8.75. The van der Waals surface area contributed by atoms with Crippen LogP contribution in [0, 0.1) is 13.8 Å². The summed E-state index contributed by atoms with van der Waals surface area (Å²) in [4.78, 5) is 20.2. The van der Waals surface area contributed by atoms with Crippen LogP contribution in [-0.4, -0.2) is 90.3 Å². The van der Waals surface area contributed by atoms with Crippen LogP contribution < -0.4 is 15.1 Å². The second-order valence-electron chi connectivity index (χ2n) is 11.3. The number of pyridine rings is 2. The summed E-state index contributed by atoms with van der Waals surface area (Å²) in [7, 11) is 0. The number of piperazine rings is 3. The number of hydrogen-bond donors (Lipinski definition) is 1. The van der Waals surface area contributed by atoms with E-state index in [-0.39, 0.29) is 0 Å². The zero-order chi connectivity index (χ0) is 25.5. The average Bonchev–Trinajstić information content (AvgIpc) is 2.90. The summed E-state index contributed by atoms with van der Waals surface area (Å²) in [6.45, 7) is 18.6. The van der Waals surface area contributed by atoms with Gasteiger partial charge in [0.25, 0.3) is 0 Å². The number of benzene rings is 1. The average molecular weight is 500 g/mol. The minimum atomic E-state index is 0.484. The van der Waals surface area contributed by atoms with Crippen LogP contribution in [0.15, 0.2) is 42.6 Å². The molecule has 5 heterocycles. The lowest BCUT2D eigenvalue weighted by Crippen LogP contribution is -2.65. The lowest BCUT2D eigenvalue weighted by Gasteiger charge is -2.51. The molecule has 3 saturated heterocycles. The van der Waals surface area contributed by atoms with E-state index in [9.17, 15) is 0 Å². The van der Waals surface area contributed by atoms with Crippen LogP contribution >= 0.6 is 0 Å². The molecule has 196 valence electrons. The smallest absolute Gasteiger partial charge is 0.129 e. The van der Waals surface area contributed by atoms with Crippen molar-refractivity contribution in [2.24, 2.45) is 0 Å². The van der Waals surface area contributed by atoms with Gasteiger partial charge < -0.3 is 15.1 Å². The van der Waals surface area contributed by atoms with Crippen LogP contribution in [0.25, 0.3) is 10.9 Å². The number of nitrogens with zero attached hydrogens (tertiary/aromatic N) is 6. The van der Waals surface area contributed by atoms with Crippen molar-refractivity contribution in [3.8, 4) is 0 Å². The minimum Gasteiger partial charge on any atom is -0.368 e. The van der Waals surface area contributed by atoms with Gasteiger partial charge in [-0.1, -0.05) is 12.1 Å². The SMILES string of the molecule is Cc1nc(N2CCNC[C@@H]2C)ccc1CN1CCN2[C@@H](C1)CN(c1ccc(C)c3ncccc13)C[C@H]2C. The molecule has 37 heavy (non-hydrogen) atoms. The van der Waals surface area contributed by atoms with Crippen LogP contribution in [0.1, 0.15) is 30.7 Å². The van der Waals surface area contributed by atoms with Gasteiger partial charge in [-0.15, -0.1) is 0 Å². The van der Waals surface area contributed by atoms with E-state index in [1.807, 2.05) is 6.20 Å². The molecule has 0 amide bonds. The van der Waals surface area contributed by atoms with Crippen molar-refractivity contribution in [1.82, 2.24) is 25.1 Å². The molecule has 0 bridgehead atoms. The molecule has 3 aliphatic heterocycles. The molecule has 7 heteroatoms. The number of hydrogen-bond acceptors (Lipinski definition) is 7. The Hall–Kier alpha value is -2.74. The molecule has 7 nitrogen and oxygen atoms in total. The maximum atomic E-state index is 5.04. The third-order valence-electron chi connectivity index (χ3n) is 8.75. The predicted octanol–water partition coefficient (Wildman–Crippen LogP) is 3.44. The number of rotatable bonds is 4. The van der Waals surface area contributed by atoms with E-state index in [0.717, 1.165) is 70.2 Å². The van der Waals surface area contributed by atoms with Gasteiger partial charge in [-0.2, -0.15) is 0 Å². The molecular formula is C30H41N7. The van der Waals surface area contributed by atoms with Gasteiger partial charge in [0.2, 0.25) is 0 Å². The fourth-order valence-electron chi connectivity index (χ4n) is 6.67. The van der Waals surface area contributed by atoms with Crippen molar-refractivity contribution in [2.45, 2.75) is 52.4 Å². The monoisotopic (exact) mass is 499 g/mol. The van der Waals surface area contributed by atoms with Crippen molar-refractivity contribution in [3.05, 3.63) is 59.4 Å². The third kappa shape index (κ3) is 4.80. The largest absolute Gasteiger partial charge is 0.368 e. The van der Waals surface area contributed by atoms with Crippen molar-refractivity contribution in [3.63, 3.8) is 0 Å². The molecule has 0 unspecified atom stereocenters. The highest BCUT2D eigenvalue weighted by molar-refractivity contribution is 5.93. The molecule has 0 radical (unpaired) electrons. The molecule has 2 aromatic heterocycles. The summed E-state index contributed by atoms with van der Waals surface area (Å²) in [5, 5.41) is 4.75. The van der Waals surface area contributed by atoms with Crippen LogP contribution in [0.2, 0.25) is 0 Å². The van der Waals surface area contributed by atoms with Gasteiger partial charge in [-0.3, -0.25) is 14.8 Å². The topological polar surface area (TPSA) is 50.8 Å². The normalized spacial score (nSPS) is 25.5. The predicted molar refractivity (Wildman–Crippen MR) is 153 cm³/mol. The molecule has 3 aromatic rings. The van der Waals surface area contributed by atoms with E-state index in [1.54, 1.807) is 0 Å². The fourth-order valence-corrected chi connectivity index (χ4v) is 6.67. The minimum absolute atomic E-state index is 0.484. The maximum Gasteiger partial charge on any atom is 0.129 e. The Kier molecular flexibility index (Phi) is 6.78. The van der Waals surface area contributed by atoms with Crippen molar-refractivity contribution < 1.29 is 0 Å². The summed E-state index contributed by atoms with van der Waals surface area (Å²) in [5.41, 5.74) is 6.23. The van der Waals surface area contributed by atoms with Crippen LogP contribution in [0.5, 0.6) is 0 Å². The molecule has 0 aliphatic carbocycles. The molecule has 0 spiro atoms. The lowest BCUT2D eigenvalue weighted by atomic mass is 10.0. The van der Waals surface area contributed by atoms with Gasteiger partial charge in [-0.05, 0) is 63.1 Å². The van der Waals surface area contributed by atoms with Gasteiger partial charge in [0.05, 0.1) is 5.52 Å². The molecule has 6 rings (SSSR count).